The van der Waals surface area contributed by atoms with Crippen LogP contribution < -0.4 is 0 Å². The van der Waals surface area contributed by atoms with Crippen molar-refractivity contribution in [3.05, 3.63) is 39.9 Å². The highest BCUT2D eigenvalue weighted by Gasteiger charge is 2.18. The Labute approximate surface area is 90.7 Å². The third kappa shape index (κ3) is 1.87. The van der Waals surface area contributed by atoms with Gasteiger partial charge in [-0.2, -0.15) is 0 Å². The molecule has 1 fully saturated rings. The van der Waals surface area contributed by atoms with Crippen LogP contribution in [0.2, 0.25) is 0 Å². The summed E-state index contributed by atoms with van der Waals surface area (Å²) >= 11 is 3.43. The average Bonchev–Trinajstić information content (AvgIpc) is 2.56. The number of halogens is 1. The molecule has 0 atom stereocenters. The lowest BCUT2D eigenvalue weighted by atomic mass is 10.1. The van der Waals surface area contributed by atoms with Crippen molar-refractivity contribution in [1.29, 1.82) is 0 Å². The van der Waals surface area contributed by atoms with Crippen LogP contribution in [0.5, 0.6) is 0 Å². The SMILES string of the molecule is O=C1OCCC1=Cc1ccccc1Br. The van der Waals surface area contributed by atoms with Crippen LogP contribution in [0.1, 0.15) is 12.0 Å². The van der Waals surface area contributed by atoms with Gasteiger partial charge in [-0.05, 0) is 17.7 Å². The zero-order valence-electron chi connectivity index (χ0n) is 7.50. The molecule has 1 heterocycles. The summed E-state index contributed by atoms with van der Waals surface area (Å²) in [7, 11) is 0. The number of esters is 1. The van der Waals surface area contributed by atoms with Gasteiger partial charge in [0.05, 0.1) is 6.61 Å². The van der Waals surface area contributed by atoms with Crippen molar-refractivity contribution in [2.24, 2.45) is 0 Å². The van der Waals surface area contributed by atoms with Crippen LogP contribution in [-0.4, -0.2) is 12.6 Å². The summed E-state index contributed by atoms with van der Waals surface area (Å²) in [6.45, 7) is 0.509. The molecule has 0 spiro atoms. The molecule has 0 N–H and O–H groups in total. The number of hydrogen-bond acceptors (Lipinski definition) is 2. The van der Waals surface area contributed by atoms with Crippen molar-refractivity contribution >= 4 is 28.0 Å². The summed E-state index contributed by atoms with van der Waals surface area (Å²) in [5.74, 6) is -0.194. The molecular formula is C11H9BrO2. The molecule has 0 bridgehead atoms. The Kier molecular flexibility index (Phi) is 2.68. The first-order valence-electron chi connectivity index (χ1n) is 4.39. The van der Waals surface area contributed by atoms with E-state index in [1.807, 2.05) is 30.3 Å². The quantitative estimate of drug-likeness (QED) is 0.568. The first kappa shape index (κ1) is 9.46. The van der Waals surface area contributed by atoms with Gasteiger partial charge in [0, 0.05) is 16.5 Å². The summed E-state index contributed by atoms with van der Waals surface area (Å²) in [5, 5.41) is 0. The topological polar surface area (TPSA) is 26.3 Å². The molecule has 72 valence electrons. The first-order chi connectivity index (χ1) is 6.77. The van der Waals surface area contributed by atoms with Crippen LogP contribution in [-0.2, 0) is 9.53 Å². The first-order valence-corrected chi connectivity index (χ1v) is 5.19. The van der Waals surface area contributed by atoms with E-state index < -0.39 is 0 Å². The van der Waals surface area contributed by atoms with Crippen LogP contribution in [0.25, 0.3) is 6.08 Å². The zero-order chi connectivity index (χ0) is 9.97. The molecule has 14 heavy (non-hydrogen) atoms. The average molecular weight is 253 g/mol. The number of hydrogen-bond donors (Lipinski definition) is 0. The van der Waals surface area contributed by atoms with Crippen molar-refractivity contribution in [3.8, 4) is 0 Å². The van der Waals surface area contributed by atoms with E-state index >= 15 is 0 Å². The molecule has 1 aliphatic heterocycles. The molecule has 0 unspecified atom stereocenters. The van der Waals surface area contributed by atoms with E-state index in [-0.39, 0.29) is 5.97 Å². The van der Waals surface area contributed by atoms with Gasteiger partial charge < -0.3 is 4.74 Å². The molecule has 0 radical (unpaired) electrons. The van der Waals surface area contributed by atoms with Crippen LogP contribution in [0.15, 0.2) is 34.3 Å². The van der Waals surface area contributed by atoms with Crippen LogP contribution in [0, 0.1) is 0 Å². The Morgan fingerprint density at radius 2 is 2.14 bits per heavy atom. The highest BCUT2D eigenvalue weighted by atomic mass is 79.9. The molecule has 1 aliphatic rings. The van der Waals surface area contributed by atoms with Gasteiger partial charge in [0.25, 0.3) is 0 Å². The van der Waals surface area contributed by atoms with E-state index in [4.69, 9.17) is 4.74 Å². The van der Waals surface area contributed by atoms with Crippen molar-refractivity contribution in [2.45, 2.75) is 6.42 Å². The number of carbonyl (C=O) groups is 1. The lowest BCUT2D eigenvalue weighted by molar-refractivity contribution is -0.134. The normalized spacial score (nSPS) is 18.6. The molecule has 2 nitrogen and oxygen atoms in total. The van der Waals surface area contributed by atoms with Gasteiger partial charge in [-0.3, -0.25) is 0 Å². The predicted molar refractivity (Wildman–Crippen MR) is 57.7 cm³/mol. The Bertz CT molecular complexity index is 396. The van der Waals surface area contributed by atoms with E-state index in [9.17, 15) is 4.79 Å². The van der Waals surface area contributed by atoms with E-state index in [0.29, 0.717) is 13.0 Å². The second kappa shape index (κ2) is 3.96. The Morgan fingerprint density at radius 3 is 2.79 bits per heavy atom. The predicted octanol–water partition coefficient (Wildman–Crippen LogP) is 2.78. The fourth-order valence-electron chi connectivity index (χ4n) is 1.36. The van der Waals surface area contributed by atoms with Gasteiger partial charge >= 0.3 is 5.97 Å². The van der Waals surface area contributed by atoms with Crippen LogP contribution >= 0.6 is 15.9 Å². The maximum atomic E-state index is 11.2. The maximum absolute atomic E-state index is 11.2. The van der Waals surface area contributed by atoms with Gasteiger partial charge in [0.15, 0.2) is 0 Å². The number of carbonyl (C=O) groups excluding carboxylic acids is 1. The standard InChI is InChI=1S/C11H9BrO2/c12-10-4-2-1-3-8(10)7-9-5-6-14-11(9)13/h1-4,7H,5-6H2. The van der Waals surface area contributed by atoms with Gasteiger partial charge in [0.2, 0.25) is 0 Å². The Morgan fingerprint density at radius 1 is 1.36 bits per heavy atom. The second-order valence-electron chi connectivity index (χ2n) is 3.08. The van der Waals surface area contributed by atoms with Crippen molar-refractivity contribution in [2.75, 3.05) is 6.61 Å². The number of rotatable bonds is 1. The highest BCUT2D eigenvalue weighted by molar-refractivity contribution is 9.10. The molecule has 0 amide bonds. The van der Waals surface area contributed by atoms with Crippen LogP contribution in [0.3, 0.4) is 0 Å². The molecule has 2 rings (SSSR count). The van der Waals surface area contributed by atoms with E-state index in [1.165, 1.54) is 0 Å². The molecule has 0 aromatic heterocycles. The molecule has 1 aromatic carbocycles. The van der Waals surface area contributed by atoms with Gasteiger partial charge in [-0.1, -0.05) is 34.1 Å². The summed E-state index contributed by atoms with van der Waals surface area (Å²) in [4.78, 5) is 11.2. The molecule has 3 heteroatoms. The fourth-order valence-corrected chi connectivity index (χ4v) is 1.76. The third-order valence-electron chi connectivity index (χ3n) is 2.10. The number of ether oxygens (including phenoxy) is 1. The van der Waals surface area contributed by atoms with Gasteiger partial charge in [-0.15, -0.1) is 0 Å². The summed E-state index contributed by atoms with van der Waals surface area (Å²) in [5.41, 5.74) is 1.76. The minimum atomic E-state index is -0.194. The lowest BCUT2D eigenvalue weighted by Crippen LogP contribution is -1.94. The van der Waals surface area contributed by atoms with Crippen LogP contribution in [0.4, 0.5) is 0 Å². The van der Waals surface area contributed by atoms with Gasteiger partial charge in [0.1, 0.15) is 0 Å². The summed E-state index contributed by atoms with van der Waals surface area (Å²) < 4.78 is 5.85. The molecule has 0 aliphatic carbocycles. The third-order valence-corrected chi connectivity index (χ3v) is 2.82. The Hall–Kier alpha value is -1.09. The van der Waals surface area contributed by atoms with Gasteiger partial charge in [-0.25, -0.2) is 4.79 Å². The second-order valence-corrected chi connectivity index (χ2v) is 3.93. The summed E-state index contributed by atoms with van der Waals surface area (Å²) in [6, 6.07) is 7.80. The molecule has 1 aromatic rings. The fraction of sp³-hybridized carbons (Fsp3) is 0.182. The van der Waals surface area contributed by atoms with E-state index in [2.05, 4.69) is 15.9 Å². The zero-order valence-corrected chi connectivity index (χ0v) is 9.08. The number of cyclic esters (lactones) is 1. The minimum Gasteiger partial charge on any atom is -0.462 e. The van der Waals surface area contributed by atoms with Crippen molar-refractivity contribution in [3.63, 3.8) is 0 Å². The minimum absolute atomic E-state index is 0.194. The van der Waals surface area contributed by atoms with Crippen molar-refractivity contribution in [1.82, 2.24) is 0 Å². The monoisotopic (exact) mass is 252 g/mol. The Balaban J connectivity index is 2.33. The largest absolute Gasteiger partial charge is 0.462 e. The summed E-state index contributed by atoms with van der Waals surface area (Å²) in [6.07, 6.45) is 2.58. The molecule has 1 saturated heterocycles. The molecular weight excluding hydrogens is 244 g/mol. The van der Waals surface area contributed by atoms with E-state index in [0.717, 1.165) is 15.6 Å². The smallest absolute Gasteiger partial charge is 0.334 e. The number of benzene rings is 1. The lowest BCUT2D eigenvalue weighted by Gasteiger charge is -1.97. The highest BCUT2D eigenvalue weighted by Crippen LogP contribution is 2.22. The van der Waals surface area contributed by atoms with E-state index in [1.54, 1.807) is 0 Å². The molecule has 0 saturated carbocycles. The van der Waals surface area contributed by atoms with Crippen molar-refractivity contribution < 1.29 is 9.53 Å². The maximum Gasteiger partial charge on any atom is 0.334 e.